The molecular formula is C75H137N2O7P. The molecule has 85 heavy (non-hydrogen) atoms. The Morgan fingerprint density at radius 1 is 0.424 bits per heavy atom. The fraction of sp³-hybridized carbons (Fsp3) is 0.787. The normalized spacial score (nSPS) is 14.0. The second kappa shape index (κ2) is 64.2. The number of nitrogens with one attached hydrogen (secondary N) is 1. The van der Waals surface area contributed by atoms with Crippen LogP contribution in [-0.2, 0) is 27.9 Å². The smallest absolute Gasteiger partial charge is 0.306 e. The van der Waals surface area contributed by atoms with Gasteiger partial charge in [0.25, 0.3) is 7.82 Å². The van der Waals surface area contributed by atoms with Crippen LogP contribution < -0.4 is 10.2 Å². The van der Waals surface area contributed by atoms with Crippen molar-refractivity contribution in [3.63, 3.8) is 0 Å². The number of likely N-dealkylation sites (N-methyl/N-ethyl adjacent to an activating group) is 1. The SMILES string of the molecule is CC/C=C\C/C=C\C/C=C\C/C=C\C/C=C\CCCCCCCCCCCC(=O)NC(COP(=O)([O-])OCC[N+](C)(C)C)C(/C=C\CCCCCCCCCCCCC)OC(=O)CCCCCCCCCCCCC/C=C/CCCCCCCC. The summed E-state index contributed by atoms with van der Waals surface area (Å²) in [4.78, 5) is 40.2. The lowest BCUT2D eigenvalue weighted by Crippen LogP contribution is -2.47. The second-order valence-electron chi connectivity index (χ2n) is 25.4. The van der Waals surface area contributed by atoms with Crippen LogP contribution in [0.5, 0.6) is 0 Å². The van der Waals surface area contributed by atoms with E-state index in [0.29, 0.717) is 17.4 Å². The van der Waals surface area contributed by atoms with E-state index in [1.165, 1.54) is 193 Å². The van der Waals surface area contributed by atoms with E-state index in [-0.39, 0.29) is 24.9 Å². The first kappa shape index (κ1) is 82.2. The Hall–Kier alpha value is -2.81. The summed E-state index contributed by atoms with van der Waals surface area (Å²) in [6.45, 7) is 6.76. The van der Waals surface area contributed by atoms with Crippen LogP contribution in [-0.4, -0.2) is 69.4 Å². The summed E-state index contributed by atoms with van der Waals surface area (Å²) >= 11 is 0. The van der Waals surface area contributed by atoms with Crippen LogP contribution in [0.4, 0.5) is 0 Å². The second-order valence-corrected chi connectivity index (χ2v) is 26.8. The maximum absolute atomic E-state index is 13.6. The lowest BCUT2D eigenvalue weighted by molar-refractivity contribution is -0.870. The molecule has 0 aromatic heterocycles. The molecule has 0 radical (unpaired) electrons. The number of ether oxygens (including phenoxy) is 1. The van der Waals surface area contributed by atoms with Gasteiger partial charge in [0.05, 0.1) is 33.8 Å². The molecule has 0 aliphatic rings. The molecule has 1 amide bonds. The molecule has 0 saturated carbocycles. The van der Waals surface area contributed by atoms with Gasteiger partial charge in [-0.05, 0) is 102 Å². The summed E-state index contributed by atoms with van der Waals surface area (Å²) in [5, 5.41) is 3.04. The van der Waals surface area contributed by atoms with Crippen LogP contribution in [0, 0.1) is 0 Å². The summed E-state index contributed by atoms with van der Waals surface area (Å²) < 4.78 is 30.5. The third kappa shape index (κ3) is 65.5. The van der Waals surface area contributed by atoms with Gasteiger partial charge in [-0.25, -0.2) is 0 Å². The first-order chi connectivity index (χ1) is 41.4. The number of unbranched alkanes of at least 4 members (excludes halogenated alkanes) is 37. The number of hydrogen-bond donors (Lipinski definition) is 1. The Labute approximate surface area is 526 Å². The van der Waals surface area contributed by atoms with E-state index < -0.39 is 26.6 Å². The summed E-state index contributed by atoms with van der Waals surface area (Å²) in [7, 11) is 1.18. The summed E-state index contributed by atoms with van der Waals surface area (Å²) in [6.07, 6.45) is 85.6. The minimum atomic E-state index is -4.71. The Balaban J connectivity index is 5.11. The van der Waals surface area contributed by atoms with Gasteiger partial charge in [0, 0.05) is 12.8 Å². The van der Waals surface area contributed by atoms with Crippen LogP contribution in [0.2, 0.25) is 0 Å². The van der Waals surface area contributed by atoms with Crippen LogP contribution in [0.3, 0.4) is 0 Å². The van der Waals surface area contributed by atoms with Crippen molar-refractivity contribution in [2.24, 2.45) is 0 Å². The van der Waals surface area contributed by atoms with Gasteiger partial charge in [-0.15, -0.1) is 0 Å². The zero-order valence-electron chi connectivity index (χ0n) is 56.6. The molecule has 1 N–H and O–H groups in total. The fourth-order valence-electron chi connectivity index (χ4n) is 10.3. The molecular weight excluding hydrogens is 1070 g/mol. The topological polar surface area (TPSA) is 114 Å². The van der Waals surface area contributed by atoms with Crippen molar-refractivity contribution in [2.45, 2.75) is 341 Å². The molecule has 0 aliphatic heterocycles. The Morgan fingerprint density at radius 3 is 1.14 bits per heavy atom. The third-order valence-electron chi connectivity index (χ3n) is 15.8. The molecule has 0 aromatic carbocycles. The predicted octanol–water partition coefficient (Wildman–Crippen LogP) is 22.3. The average Bonchev–Trinajstić information content (AvgIpc) is 3.64. The van der Waals surface area contributed by atoms with Crippen molar-refractivity contribution in [1.82, 2.24) is 5.32 Å². The monoisotopic (exact) mass is 1210 g/mol. The highest BCUT2D eigenvalue weighted by molar-refractivity contribution is 7.45. The summed E-state index contributed by atoms with van der Waals surface area (Å²) in [5.41, 5.74) is 0. The molecule has 9 nitrogen and oxygen atoms in total. The van der Waals surface area contributed by atoms with Crippen molar-refractivity contribution in [1.29, 1.82) is 0 Å². The molecule has 0 aliphatic carbocycles. The third-order valence-corrected chi connectivity index (χ3v) is 16.8. The van der Waals surface area contributed by atoms with E-state index in [1.54, 1.807) is 0 Å². The van der Waals surface area contributed by atoms with Crippen molar-refractivity contribution in [3.8, 4) is 0 Å². The van der Waals surface area contributed by atoms with Gasteiger partial charge in [0.1, 0.15) is 19.3 Å². The number of nitrogens with zero attached hydrogens (tertiary/aromatic N) is 1. The fourth-order valence-corrected chi connectivity index (χ4v) is 11.0. The van der Waals surface area contributed by atoms with Crippen LogP contribution in [0.25, 0.3) is 0 Å². The van der Waals surface area contributed by atoms with Gasteiger partial charge in [-0.2, -0.15) is 0 Å². The van der Waals surface area contributed by atoms with Crippen molar-refractivity contribution < 1.29 is 37.3 Å². The standard InChI is InChI=1S/C75H137N2O7P/c1-7-10-13-16-19-22-25-28-30-32-34-36-37-38-39-41-42-44-46-49-52-55-58-61-64-67-74(78)76-72(71-83-85(80,81)82-70-69-77(4,5)6)73(66-63-60-57-54-51-48-27-24-21-18-15-12-9-3)84-75(79)68-65-62-59-56-53-50-47-45-43-40-35-33-31-29-26-23-20-17-14-11-8-2/h10,13,19,22,28-31,34,36,38-39,63,66,72-73H,7-9,11-12,14-18,20-21,23-27,32-33,35,37,40-62,64-65,67-71H2,1-6H3,(H-,76,78,80,81)/b13-10-,22-19-,30-28-,31-29+,36-34-,39-38-,66-63-. The van der Waals surface area contributed by atoms with E-state index >= 15 is 0 Å². The molecule has 0 heterocycles. The zero-order chi connectivity index (χ0) is 62.1. The molecule has 0 fully saturated rings. The Morgan fingerprint density at radius 2 is 0.753 bits per heavy atom. The van der Waals surface area contributed by atoms with Gasteiger partial charge in [0.15, 0.2) is 0 Å². The molecule has 494 valence electrons. The zero-order valence-corrected chi connectivity index (χ0v) is 57.4. The lowest BCUT2D eigenvalue weighted by Gasteiger charge is -2.30. The molecule has 0 bridgehead atoms. The predicted molar refractivity (Wildman–Crippen MR) is 367 cm³/mol. The maximum Gasteiger partial charge on any atom is 0.306 e. The molecule has 3 unspecified atom stereocenters. The summed E-state index contributed by atoms with van der Waals surface area (Å²) in [6, 6.07) is -0.896. The number of hydrogen-bond acceptors (Lipinski definition) is 7. The summed E-state index contributed by atoms with van der Waals surface area (Å²) in [5.74, 6) is -0.541. The lowest BCUT2D eigenvalue weighted by atomic mass is 10.0. The first-order valence-electron chi connectivity index (χ1n) is 35.9. The molecule has 10 heteroatoms. The van der Waals surface area contributed by atoms with Crippen molar-refractivity contribution in [3.05, 3.63) is 85.1 Å². The van der Waals surface area contributed by atoms with E-state index in [0.717, 1.165) is 103 Å². The molecule has 3 atom stereocenters. The minimum absolute atomic E-state index is 0.0257. The maximum atomic E-state index is 13.6. The van der Waals surface area contributed by atoms with E-state index in [9.17, 15) is 19.0 Å². The van der Waals surface area contributed by atoms with Gasteiger partial charge < -0.3 is 28.5 Å². The van der Waals surface area contributed by atoms with Gasteiger partial charge in [-0.3, -0.25) is 14.2 Å². The number of carbonyl (C=O) groups excluding carboxylic acids is 2. The highest BCUT2D eigenvalue weighted by Gasteiger charge is 2.27. The van der Waals surface area contributed by atoms with Crippen molar-refractivity contribution in [2.75, 3.05) is 40.9 Å². The van der Waals surface area contributed by atoms with E-state index in [2.05, 4.69) is 99.0 Å². The molecule has 0 saturated heterocycles. The number of phosphoric ester groups is 1. The van der Waals surface area contributed by atoms with Crippen LogP contribution >= 0.6 is 7.82 Å². The quantitative estimate of drug-likeness (QED) is 0.0212. The largest absolute Gasteiger partial charge is 0.756 e. The number of carbonyl (C=O) groups is 2. The van der Waals surface area contributed by atoms with Crippen LogP contribution in [0.1, 0.15) is 329 Å². The molecule has 0 aromatic rings. The first-order valence-corrected chi connectivity index (χ1v) is 37.4. The Kier molecular flexibility index (Phi) is 62.1. The minimum Gasteiger partial charge on any atom is -0.756 e. The van der Waals surface area contributed by atoms with Gasteiger partial charge in [-0.1, -0.05) is 299 Å². The number of phosphoric acid groups is 1. The van der Waals surface area contributed by atoms with Gasteiger partial charge >= 0.3 is 5.97 Å². The number of amides is 1. The number of esters is 1. The van der Waals surface area contributed by atoms with E-state index in [1.807, 2.05) is 33.3 Å². The number of allylic oxidation sites excluding steroid dienone is 13. The van der Waals surface area contributed by atoms with Crippen molar-refractivity contribution >= 4 is 19.7 Å². The number of rotatable bonds is 65. The molecule has 0 rings (SSSR count). The van der Waals surface area contributed by atoms with E-state index in [4.69, 9.17) is 13.8 Å². The number of quaternary nitrogens is 1. The highest BCUT2D eigenvalue weighted by atomic mass is 31.2. The average molecular weight is 1210 g/mol. The van der Waals surface area contributed by atoms with Crippen LogP contribution in [0.15, 0.2) is 85.1 Å². The Bertz CT molecular complexity index is 1730. The highest BCUT2D eigenvalue weighted by Crippen LogP contribution is 2.38. The molecule has 0 spiro atoms. The van der Waals surface area contributed by atoms with Gasteiger partial charge in [0.2, 0.25) is 5.91 Å².